The Morgan fingerprint density at radius 2 is 1.86 bits per heavy atom. The Hall–Kier alpha value is -2.28. The molecule has 7 heteroatoms. The lowest BCUT2D eigenvalue weighted by atomic mass is 10.1. The van der Waals surface area contributed by atoms with Crippen molar-refractivity contribution in [2.45, 2.75) is 78.7 Å². The molecule has 1 rings (SSSR count). The molecule has 0 aliphatic carbocycles. The first kappa shape index (κ1) is 23.8. The molecule has 0 radical (unpaired) electrons. The molecule has 0 saturated carbocycles. The summed E-state index contributed by atoms with van der Waals surface area (Å²) in [5.74, 6) is 0.492. The molecule has 0 heterocycles. The van der Waals surface area contributed by atoms with Gasteiger partial charge < -0.3 is 24.3 Å². The van der Waals surface area contributed by atoms with Crippen LogP contribution in [0.4, 0.5) is 4.79 Å². The van der Waals surface area contributed by atoms with Crippen molar-refractivity contribution in [1.82, 2.24) is 5.32 Å². The average molecular weight is 395 g/mol. The zero-order valence-electron chi connectivity index (χ0n) is 18.0. The Balaban J connectivity index is 2.85. The Bertz CT molecular complexity index is 651. The Kier molecular flexibility index (Phi) is 9.25. The monoisotopic (exact) mass is 395 g/mol. The van der Waals surface area contributed by atoms with Gasteiger partial charge in [-0.25, -0.2) is 9.59 Å². The standard InChI is InChI=1S/C21H33NO6/c1-8-9-18(26-14(2)3)19(23)27-16-10-11-17(25-7)15(12-16)13-22-20(24)28-21(4,5)6/h10-12,14,18H,8-9,13H2,1-7H3,(H,22,24). The van der Waals surface area contributed by atoms with Gasteiger partial charge in [0, 0.05) is 12.1 Å². The predicted molar refractivity (Wildman–Crippen MR) is 107 cm³/mol. The molecule has 1 unspecified atom stereocenters. The van der Waals surface area contributed by atoms with Gasteiger partial charge in [-0.2, -0.15) is 0 Å². The zero-order chi connectivity index (χ0) is 21.3. The van der Waals surface area contributed by atoms with E-state index >= 15 is 0 Å². The van der Waals surface area contributed by atoms with E-state index in [0.29, 0.717) is 23.5 Å². The van der Waals surface area contributed by atoms with Gasteiger partial charge >= 0.3 is 12.1 Å². The van der Waals surface area contributed by atoms with E-state index in [2.05, 4.69) is 5.32 Å². The minimum Gasteiger partial charge on any atom is -0.496 e. The molecule has 1 atom stereocenters. The summed E-state index contributed by atoms with van der Waals surface area (Å²) in [5, 5.41) is 2.67. The highest BCUT2D eigenvalue weighted by molar-refractivity contribution is 5.77. The Morgan fingerprint density at radius 3 is 2.39 bits per heavy atom. The summed E-state index contributed by atoms with van der Waals surface area (Å²) in [6.07, 6.45) is 0.162. The molecule has 0 aromatic heterocycles. The number of methoxy groups -OCH3 is 1. The summed E-state index contributed by atoms with van der Waals surface area (Å²) in [4.78, 5) is 24.3. The van der Waals surface area contributed by atoms with Gasteiger partial charge in [0.2, 0.25) is 0 Å². The van der Waals surface area contributed by atoms with Crippen LogP contribution in [-0.4, -0.2) is 37.0 Å². The van der Waals surface area contributed by atoms with Crippen LogP contribution in [0.1, 0.15) is 59.9 Å². The molecule has 158 valence electrons. The molecule has 28 heavy (non-hydrogen) atoms. The second-order valence-corrected chi connectivity index (χ2v) is 7.71. The van der Waals surface area contributed by atoms with Crippen molar-refractivity contribution >= 4 is 12.1 Å². The molecule has 0 aliphatic rings. The molecule has 0 aliphatic heterocycles. The number of amides is 1. The van der Waals surface area contributed by atoms with E-state index in [-0.39, 0.29) is 12.6 Å². The van der Waals surface area contributed by atoms with Gasteiger partial charge in [-0.1, -0.05) is 13.3 Å². The molecule has 1 aromatic rings. The third kappa shape index (κ3) is 8.61. The summed E-state index contributed by atoms with van der Waals surface area (Å²) in [7, 11) is 1.53. The molecule has 1 amide bonds. The topological polar surface area (TPSA) is 83.1 Å². The first-order valence-corrected chi connectivity index (χ1v) is 9.56. The van der Waals surface area contributed by atoms with Gasteiger partial charge in [-0.05, 0) is 59.2 Å². The normalized spacial score (nSPS) is 12.4. The maximum atomic E-state index is 12.5. The molecular weight excluding hydrogens is 362 g/mol. The number of nitrogens with one attached hydrogen (secondary N) is 1. The molecular formula is C21H33NO6. The highest BCUT2D eigenvalue weighted by atomic mass is 16.6. The van der Waals surface area contributed by atoms with Crippen molar-refractivity contribution in [3.63, 3.8) is 0 Å². The van der Waals surface area contributed by atoms with E-state index in [9.17, 15) is 9.59 Å². The van der Waals surface area contributed by atoms with E-state index in [4.69, 9.17) is 18.9 Å². The van der Waals surface area contributed by atoms with Crippen LogP contribution in [0.3, 0.4) is 0 Å². The fourth-order valence-electron chi connectivity index (χ4n) is 2.45. The molecule has 1 aromatic carbocycles. The average Bonchev–Trinajstić information content (AvgIpc) is 2.58. The highest BCUT2D eigenvalue weighted by Crippen LogP contribution is 2.25. The number of benzene rings is 1. The molecule has 0 bridgehead atoms. The van der Waals surface area contributed by atoms with E-state index in [0.717, 1.165) is 6.42 Å². The van der Waals surface area contributed by atoms with Crippen LogP contribution in [0.25, 0.3) is 0 Å². The first-order valence-electron chi connectivity index (χ1n) is 9.56. The van der Waals surface area contributed by atoms with E-state index in [1.54, 1.807) is 39.0 Å². The van der Waals surface area contributed by atoms with Crippen molar-refractivity contribution in [2.75, 3.05) is 7.11 Å². The van der Waals surface area contributed by atoms with E-state index in [1.165, 1.54) is 7.11 Å². The lowest BCUT2D eigenvalue weighted by molar-refractivity contribution is -0.150. The van der Waals surface area contributed by atoms with Gasteiger partial charge in [0.1, 0.15) is 17.1 Å². The number of alkyl carbamates (subject to hydrolysis) is 1. The largest absolute Gasteiger partial charge is 0.496 e. The maximum absolute atomic E-state index is 12.5. The van der Waals surface area contributed by atoms with Crippen molar-refractivity contribution in [2.24, 2.45) is 0 Å². The smallest absolute Gasteiger partial charge is 0.407 e. The lowest BCUT2D eigenvalue weighted by Gasteiger charge is -2.20. The summed E-state index contributed by atoms with van der Waals surface area (Å²) >= 11 is 0. The fourth-order valence-corrected chi connectivity index (χ4v) is 2.45. The van der Waals surface area contributed by atoms with Crippen LogP contribution >= 0.6 is 0 Å². The van der Waals surface area contributed by atoms with Crippen molar-refractivity contribution in [3.8, 4) is 11.5 Å². The molecule has 0 fully saturated rings. The second-order valence-electron chi connectivity index (χ2n) is 7.71. The third-order valence-electron chi connectivity index (χ3n) is 3.54. The summed E-state index contributed by atoms with van der Waals surface area (Å²) < 4.78 is 21.7. The van der Waals surface area contributed by atoms with Crippen LogP contribution in [0.2, 0.25) is 0 Å². The number of hydrogen-bond acceptors (Lipinski definition) is 6. The third-order valence-corrected chi connectivity index (χ3v) is 3.54. The number of hydrogen-bond donors (Lipinski definition) is 1. The molecule has 0 saturated heterocycles. The van der Waals surface area contributed by atoms with Gasteiger partial charge in [0.25, 0.3) is 0 Å². The lowest BCUT2D eigenvalue weighted by Crippen LogP contribution is -2.32. The number of rotatable bonds is 9. The van der Waals surface area contributed by atoms with Crippen molar-refractivity contribution in [3.05, 3.63) is 23.8 Å². The quantitative estimate of drug-likeness (QED) is 0.498. The Morgan fingerprint density at radius 1 is 1.18 bits per heavy atom. The van der Waals surface area contributed by atoms with Crippen LogP contribution in [0.15, 0.2) is 18.2 Å². The number of carbonyl (C=O) groups is 2. The van der Waals surface area contributed by atoms with Gasteiger partial charge in [0.15, 0.2) is 6.10 Å². The van der Waals surface area contributed by atoms with Crippen LogP contribution in [-0.2, 0) is 20.8 Å². The van der Waals surface area contributed by atoms with Gasteiger partial charge in [-0.3, -0.25) is 0 Å². The Labute approximate surface area is 167 Å². The van der Waals surface area contributed by atoms with Gasteiger partial charge in [-0.15, -0.1) is 0 Å². The van der Waals surface area contributed by atoms with Crippen LogP contribution in [0.5, 0.6) is 11.5 Å². The number of esters is 1. The van der Waals surface area contributed by atoms with Crippen LogP contribution in [0, 0.1) is 0 Å². The second kappa shape index (κ2) is 10.9. The van der Waals surface area contributed by atoms with Crippen molar-refractivity contribution < 1.29 is 28.5 Å². The molecule has 0 spiro atoms. The van der Waals surface area contributed by atoms with Gasteiger partial charge in [0.05, 0.1) is 13.2 Å². The van der Waals surface area contributed by atoms with E-state index < -0.39 is 23.8 Å². The molecule has 7 nitrogen and oxygen atoms in total. The number of ether oxygens (including phenoxy) is 4. The predicted octanol–water partition coefficient (Wildman–Crippen LogP) is 4.22. The minimum atomic E-state index is -0.615. The maximum Gasteiger partial charge on any atom is 0.407 e. The van der Waals surface area contributed by atoms with Crippen molar-refractivity contribution in [1.29, 1.82) is 0 Å². The zero-order valence-corrected chi connectivity index (χ0v) is 18.0. The molecule has 1 N–H and O–H groups in total. The summed E-state index contributed by atoms with van der Waals surface area (Å²) in [5.41, 5.74) is 0.0754. The number of carbonyl (C=O) groups excluding carboxylic acids is 2. The SMILES string of the molecule is CCCC(OC(C)C)C(=O)Oc1ccc(OC)c(CNC(=O)OC(C)(C)C)c1. The van der Waals surface area contributed by atoms with E-state index in [1.807, 2.05) is 20.8 Å². The summed E-state index contributed by atoms with van der Waals surface area (Å²) in [6.45, 7) is 11.3. The van der Waals surface area contributed by atoms with Crippen LogP contribution < -0.4 is 14.8 Å². The fraction of sp³-hybridized carbons (Fsp3) is 0.619. The first-order chi connectivity index (χ1) is 13.1. The summed E-state index contributed by atoms with van der Waals surface area (Å²) in [6, 6.07) is 4.99. The highest BCUT2D eigenvalue weighted by Gasteiger charge is 2.22. The minimum absolute atomic E-state index is 0.0754.